The minimum Gasteiger partial charge on any atom is -0.441 e. The SMILES string of the molecule is COC1CN(C(=S)n2ccnc2)CCC1C(OC(N)=O)c1ccccc1. The first-order valence-electron chi connectivity index (χ1n) is 8.41. The Labute approximate surface area is 157 Å². The molecule has 1 aliphatic heterocycles. The van der Waals surface area contributed by atoms with E-state index in [1.54, 1.807) is 24.2 Å². The molecule has 0 spiro atoms. The fraction of sp³-hybridized carbons (Fsp3) is 0.389. The summed E-state index contributed by atoms with van der Waals surface area (Å²) >= 11 is 5.55. The van der Waals surface area contributed by atoms with Gasteiger partial charge in [0, 0.05) is 38.5 Å². The number of imidazole rings is 1. The molecule has 7 nitrogen and oxygen atoms in total. The van der Waals surface area contributed by atoms with Gasteiger partial charge in [-0.05, 0) is 24.2 Å². The summed E-state index contributed by atoms with van der Waals surface area (Å²) in [5.74, 6) is -0.0169. The van der Waals surface area contributed by atoms with E-state index < -0.39 is 12.2 Å². The highest BCUT2D eigenvalue weighted by molar-refractivity contribution is 7.80. The number of nitrogens with two attached hydrogens (primary N) is 1. The van der Waals surface area contributed by atoms with Crippen molar-refractivity contribution in [2.45, 2.75) is 18.6 Å². The number of thiocarbonyl (C=S) groups is 1. The molecule has 3 rings (SSSR count). The molecule has 2 N–H and O–H groups in total. The zero-order valence-corrected chi connectivity index (χ0v) is 15.3. The van der Waals surface area contributed by atoms with Gasteiger partial charge in [-0.1, -0.05) is 30.3 Å². The molecule has 8 heteroatoms. The van der Waals surface area contributed by atoms with Crippen molar-refractivity contribution < 1.29 is 14.3 Å². The molecule has 1 aromatic carbocycles. The second-order valence-electron chi connectivity index (χ2n) is 6.19. The zero-order chi connectivity index (χ0) is 18.5. The van der Waals surface area contributed by atoms with E-state index in [-0.39, 0.29) is 12.0 Å². The van der Waals surface area contributed by atoms with Gasteiger partial charge in [-0.3, -0.25) is 4.57 Å². The number of nitrogens with zero attached hydrogens (tertiary/aromatic N) is 3. The predicted octanol–water partition coefficient (Wildman–Crippen LogP) is 2.19. The number of carbonyl (C=O) groups excluding carboxylic acids is 1. The number of carbonyl (C=O) groups is 1. The third-order valence-corrected chi connectivity index (χ3v) is 5.14. The van der Waals surface area contributed by atoms with Crippen molar-refractivity contribution in [1.29, 1.82) is 0 Å². The molecule has 2 heterocycles. The average Bonchev–Trinajstić information content (AvgIpc) is 3.20. The van der Waals surface area contributed by atoms with Gasteiger partial charge in [0.15, 0.2) is 5.11 Å². The molecule has 3 atom stereocenters. The first-order chi connectivity index (χ1) is 12.6. The molecule has 1 aliphatic rings. The summed E-state index contributed by atoms with van der Waals surface area (Å²) in [5.41, 5.74) is 6.23. The summed E-state index contributed by atoms with van der Waals surface area (Å²) in [7, 11) is 1.66. The Morgan fingerprint density at radius 2 is 2.15 bits per heavy atom. The summed E-state index contributed by atoms with van der Waals surface area (Å²) in [6, 6.07) is 9.62. The summed E-state index contributed by atoms with van der Waals surface area (Å²) in [6.07, 6.45) is 4.54. The van der Waals surface area contributed by atoms with Crippen LogP contribution in [0.4, 0.5) is 4.79 Å². The molecule has 26 heavy (non-hydrogen) atoms. The van der Waals surface area contributed by atoms with Crippen LogP contribution < -0.4 is 5.73 Å². The number of hydrogen-bond acceptors (Lipinski definition) is 5. The van der Waals surface area contributed by atoms with Crippen molar-refractivity contribution in [2.24, 2.45) is 11.7 Å². The third kappa shape index (κ3) is 4.03. The lowest BCUT2D eigenvalue weighted by Crippen LogP contribution is -2.50. The molecule has 138 valence electrons. The molecular formula is C18H22N4O3S. The molecule has 0 aliphatic carbocycles. The lowest BCUT2D eigenvalue weighted by molar-refractivity contribution is -0.0515. The van der Waals surface area contributed by atoms with Crippen LogP contribution in [0.25, 0.3) is 0 Å². The summed E-state index contributed by atoms with van der Waals surface area (Å²) in [6.45, 7) is 1.33. The Hall–Kier alpha value is -2.45. The summed E-state index contributed by atoms with van der Waals surface area (Å²) < 4.78 is 13.0. The second kappa shape index (κ2) is 8.29. The van der Waals surface area contributed by atoms with Crippen LogP contribution in [0.2, 0.25) is 0 Å². The number of likely N-dealkylation sites (tertiary alicyclic amines) is 1. The van der Waals surface area contributed by atoms with Crippen LogP contribution in [-0.4, -0.2) is 52.0 Å². The molecule has 1 amide bonds. The van der Waals surface area contributed by atoms with Crippen molar-refractivity contribution in [3.05, 3.63) is 54.6 Å². The number of benzene rings is 1. The molecule has 0 saturated carbocycles. The van der Waals surface area contributed by atoms with Crippen LogP contribution in [0.15, 0.2) is 49.1 Å². The van der Waals surface area contributed by atoms with Gasteiger partial charge in [-0.25, -0.2) is 9.78 Å². The summed E-state index contributed by atoms with van der Waals surface area (Å²) in [4.78, 5) is 17.6. The normalized spacial score (nSPS) is 21.2. The van der Waals surface area contributed by atoms with E-state index in [1.807, 2.05) is 36.5 Å². The van der Waals surface area contributed by atoms with Gasteiger partial charge in [0.1, 0.15) is 12.4 Å². The number of aromatic nitrogens is 2. The molecule has 1 aromatic heterocycles. The lowest BCUT2D eigenvalue weighted by Gasteiger charge is -2.41. The van der Waals surface area contributed by atoms with E-state index in [0.29, 0.717) is 11.7 Å². The predicted molar refractivity (Wildman–Crippen MR) is 101 cm³/mol. The maximum Gasteiger partial charge on any atom is 0.405 e. The number of ether oxygens (including phenoxy) is 2. The molecule has 1 fully saturated rings. The van der Waals surface area contributed by atoms with E-state index in [2.05, 4.69) is 9.88 Å². The second-order valence-corrected chi connectivity index (χ2v) is 6.56. The van der Waals surface area contributed by atoms with Crippen LogP contribution in [0, 0.1) is 5.92 Å². The topological polar surface area (TPSA) is 82.6 Å². The Morgan fingerprint density at radius 3 is 2.77 bits per heavy atom. The van der Waals surface area contributed by atoms with Crippen molar-refractivity contribution in [1.82, 2.24) is 14.5 Å². The van der Waals surface area contributed by atoms with Crippen molar-refractivity contribution >= 4 is 23.4 Å². The zero-order valence-electron chi connectivity index (χ0n) is 14.5. The Kier molecular flexibility index (Phi) is 5.85. The van der Waals surface area contributed by atoms with Crippen LogP contribution in [0.3, 0.4) is 0 Å². The number of methoxy groups -OCH3 is 1. The van der Waals surface area contributed by atoms with Crippen molar-refractivity contribution in [3.63, 3.8) is 0 Å². The largest absolute Gasteiger partial charge is 0.441 e. The van der Waals surface area contributed by atoms with E-state index in [9.17, 15) is 4.79 Å². The van der Waals surface area contributed by atoms with Crippen molar-refractivity contribution in [2.75, 3.05) is 20.2 Å². The third-order valence-electron chi connectivity index (χ3n) is 4.67. The highest BCUT2D eigenvalue weighted by Gasteiger charge is 2.38. The van der Waals surface area contributed by atoms with Gasteiger partial charge in [-0.15, -0.1) is 0 Å². The van der Waals surface area contributed by atoms with Gasteiger partial charge in [0.2, 0.25) is 0 Å². The molecule has 0 bridgehead atoms. The van der Waals surface area contributed by atoms with Gasteiger partial charge < -0.3 is 20.1 Å². The van der Waals surface area contributed by atoms with Gasteiger partial charge in [0.25, 0.3) is 0 Å². The fourth-order valence-electron chi connectivity index (χ4n) is 3.41. The number of piperidine rings is 1. The lowest BCUT2D eigenvalue weighted by atomic mass is 9.85. The number of amides is 1. The highest BCUT2D eigenvalue weighted by Crippen LogP contribution is 2.35. The fourth-order valence-corrected chi connectivity index (χ4v) is 3.68. The summed E-state index contributed by atoms with van der Waals surface area (Å²) in [5, 5.41) is 0.676. The van der Waals surface area contributed by atoms with Gasteiger partial charge >= 0.3 is 6.09 Å². The first kappa shape index (κ1) is 18.3. The maximum absolute atomic E-state index is 11.5. The highest BCUT2D eigenvalue weighted by atomic mass is 32.1. The van der Waals surface area contributed by atoms with E-state index >= 15 is 0 Å². The molecule has 3 unspecified atom stereocenters. The minimum absolute atomic E-state index is 0.0169. The Morgan fingerprint density at radius 1 is 1.38 bits per heavy atom. The van der Waals surface area contributed by atoms with Crippen LogP contribution >= 0.6 is 12.2 Å². The number of rotatable bonds is 4. The monoisotopic (exact) mass is 374 g/mol. The smallest absolute Gasteiger partial charge is 0.405 e. The van der Waals surface area contributed by atoms with Crippen LogP contribution in [0.5, 0.6) is 0 Å². The van der Waals surface area contributed by atoms with Crippen LogP contribution in [0.1, 0.15) is 18.1 Å². The van der Waals surface area contributed by atoms with E-state index in [0.717, 1.165) is 18.5 Å². The van der Waals surface area contributed by atoms with E-state index in [1.165, 1.54) is 0 Å². The van der Waals surface area contributed by atoms with Crippen LogP contribution in [-0.2, 0) is 9.47 Å². The number of primary amides is 1. The van der Waals surface area contributed by atoms with E-state index in [4.69, 9.17) is 27.4 Å². The molecule has 0 radical (unpaired) electrons. The average molecular weight is 374 g/mol. The first-order valence-corrected chi connectivity index (χ1v) is 8.82. The van der Waals surface area contributed by atoms with Crippen molar-refractivity contribution in [3.8, 4) is 0 Å². The minimum atomic E-state index is -0.787. The Balaban J connectivity index is 1.78. The van der Waals surface area contributed by atoms with Gasteiger partial charge in [0.05, 0.1) is 6.10 Å². The maximum atomic E-state index is 11.5. The van der Waals surface area contributed by atoms with Gasteiger partial charge in [-0.2, -0.15) is 0 Å². The molecular weight excluding hydrogens is 352 g/mol. The quantitative estimate of drug-likeness (QED) is 0.826. The molecule has 2 aromatic rings. The molecule has 1 saturated heterocycles. The Bertz CT molecular complexity index is 738. The number of hydrogen-bond donors (Lipinski definition) is 1. The standard InChI is InChI=1S/C18H22N4O3S/c1-24-15-11-21(18(26)22-10-8-20-12-22)9-7-14(15)16(25-17(19)23)13-5-3-2-4-6-13/h2-6,8,10,12,14-16H,7,9,11H2,1H3,(H2,19,23).